The van der Waals surface area contributed by atoms with E-state index in [2.05, 4.69) is 200 Å². The van der Waals surface area contributed by atoms with E-state index in [1.54, 1.807) is 0 Å². The molecule has 1 saturated carbocycles. The summed E-state index contributed by atoms with van der Waals surface area (Å²) in [7, 11) is 0. The van der Waals surface area contributed by atoms with Gasteiger partial charge in [0.1, 0.15) is 11.2 Å². The van der Waals surface area contributed by atoms with E-state index in [1.807, 2.05) is 0 Å². The molecule has 57 heavy (non-hydrogen) atoms. The van der Waals surface area contributed by atoms with E-state index >= 15 is 0 Å². The minimum Gasteiger partial charge on any atom is -0.456 e. The van der Waals surface area contributed by atoms with Crippen LogP contribution in [-0.2, 0) is 10.8 Å². The van der Waals surface area contributed by atoms with E-state index in [9.17, 15) is 0 Å². The zero-order chi connectivity index (χ0) is 38.1. The molecule has 1 heterocycles. The van der Waals surface area contributed by atoms with E-state index in [-0.39, 0.29) is 10.8 Å². The number of nitrogens with zero attached hydrogens (tertiary/aromatic N) is 1. The minimum atomic E-state index is -0.112. The summed E-state index contributed by atoms with van der Waals surface area (Å²) in [6.45, 7) is 6.46. The Morgan fingerprint density at radius 2 is 1.16 bits per heavy atom. The second-order valence-corrected chi connectivity index (χ2v) is 16.0. The SMILES string of the molecule is C=CC1=C(/C=C\C)C2(CCC3(CC2)c2ccccc2-c2ccc(N(c4ccccc4-c4ccccc4)c4cccc5oc6ccccc6c45)cc23)c2ccccc21. The Kier molecular flexibility index (Phi) is 7.66. The monoisotopic (exact) mass is 733 g/mol. The third-order valence-corrected chi connectivity index (χ3v) is 13.4. The molecule has 2 nitrogen and oxygen atoms in total. The van der Waals surface area contributed by atoms with Crippen LogP contribution in [0.1, 0.15) is 54.9 Å². The lowest BCUT2D eigenvalue weighted by Crippen LogP contribution is -2.39. The molecule has 0 aliphatic heterocycles. The Balaban J connectivity index is 1.12. The first-order chi connectivity index (χ1) is 28.1. The summed E-state index contributed by atoms with van der Waals surface area (Å²) < 4.78 is 6.51. The van der Waals surface area contributed by atoms with Gasteiger partial charge in [0.05, 0.1) is 16.8 Å². The molecule has 3 aliphatic rings. The Bertz CT molecular complexity index is 2950. The molecule has 0 amide bonds. The number of para-hydroxylation sites is 2. The van der Waals surface area contributed by atoms with E-state index in [0.29, 0.717) is 0 Å². The van der Waals surface area contributed by atoms with Gasteiger partial charge in [-0.3, -0.25) is 0 Å². The molecule has 0 bridgehead atoms. The fourth-order valence-corrected chi connectivity index (χ4v) is 11.0. The van der Waals surface area contributed by atoms with Gasteiger partial charge >= 0.3 is 0 Å². The first-order valence-electron chi connectivity index (χ1n) is 20.3. The van der Waals surface area contributed by atoms with Crippen molar-refractivity contribution in [2.24, 2.45) is 0 Å². The zero-order valence-corrected chi connectivity index (χ0v) is 32.2. The van der Waals surface area contributed by atoms with Crippen LogP contribution >= 0.6 is 0 Å². The summed E-state index contributed by atoms with van der Waals surface area (Å²) in [6, 6.07) is 60.1. The van der Waals surface area contributed by atoms with Crippen molar-refractivity contribution in [1.82, 2.24) is 0 Å². The first kappa shape index (κ1) is 33.7. The number of rotatable bonds is 6. The molecule has 0 atom stereocenters. The molecule has 1 aromatic heterocycles. The number of furan rings is 1. The number of hydrogen-bond acceptors (Lipinski definition) is 2. The number of fused-ring (bicyclic) bond motifs is 10. The smallest absolute Gasteiger partial charge is 0.137 e. The lowest BCUT2D eigenvalue weighted by molar-refractivity contribution is 0.263. The minimum absolute atomic E-state index is 0.0359. The standard InChI is InChI=1S/C55H43NO/c1-3-17-45-39(4-2)41-21-8-12-24-46(41)54(45)32-34-55(35-33-54)47-25-13-9-22-42(47)43-31-30-38(36-48(43)55)56(49-26-14-10-20-40(49)37-18-6-5-7-19-37)50-27-16-29-52-53(50)44-23-11-15-28-51(44)57-52/h3-31,36H,2,32-35H2,1H3/b17-3-. The predicted molar refractivity (Wildman–Crippen MR) is 239 cm³/mol. The highest BCUT2D eigenvalue weighted by molar-refractivity contribution is 6.14. The van der Waals surface area contributed by atoms with Crippen LogP contribution < -0.4 is 4.90 Å². The quantitative estimate of drug-likeness (QED) is 0.169. The van der Waals surface area contributed by atoms with Gasteiger partial charge in [0.15, 0.2) is 0 Å². The summed E-state index contributed by atoms with van der Waals surface area (Å²) >= 11 is 0. The summed E-state index contributed by atoms with van der Waals surface area (Å²) in [5.74, 6) is 0. The highest BCUT2D eigenvalue weighted by Gasteiger charge is 2.53. The topological polar surface area (TPSA) is 16.4 Å². The normalized spacial score (nSPS) is 19.5. The number of hydrogen-bond donors (Lipinski definition) is 0. The molecule has 11 rings (SSSR count). The predicted octanol–water partition coefficient (Wildman–Crippen LogP) is 15.0. The molecule has 0 saturated heterocycles. The maximum Gasteiger partial charge on any atom is 0.137 e. The zero-order valence-electron chi connectivity index (χ0n) is 32.2. The summed E-state index contributed by atoms with van der Waals surface area (Å²) in [4.78, 5) is 2.49. The van der Waals surface area contributed by atoms with Crippen LogP contribution in [0.2, 0.25) is 0 Å². The van der Waals surface area contributed by atoms with Crippen LogP contribution in [0, 0.1) is 0 Å². The highest BCUT2D eigenvalue weighted by Crippen LogP contribution is 2.64. The fourth-order valence-electron chi connectivity index (χ4n) is 11.0. The molecule has 0 N–H and O–H groups in total. The maximum atomic E-state index is 6.51. The van der Waals surface area contributed by atoms with Gasteiger partial charge in [-0.25, -0.2) is 0 Å². The summed E-state index contributed by atoms with van der Waals surface area (Å²) in [5, 5.41) is 2.24. The number of allylic oxidation sites excluding steroid dienone is 5. The van der Waals surface area contributed by atoms with E-state index in [4.69, 9.17) is 4.42 Å². The molecule has 2 heteroatoms. The molecular formula is C55H43NO. The molecule has 7 aromatic carbocycles. The van der Waals surface area contributed by atoms with Crippen molar-refractivity contribution < 1.29 is 4.42 Å². The Hall–Kier alpha value is -6.64. The molecule has 3 aliphatic carbocycles. The largest absolute Gasteiger partial charge is 0.456 e. The molecule has 0 unspecified atom stereocenters. The second-order valence-electron chi connectivity index (χ2n) is 16.0. The van der Waals surface area contributed by atoms with Gasteiger partial charge < -0.3 is 9.32 Å². The lowest BCUT2D eigenvalue weighted by atomic mass is 9.57. The number of benzene rings is 7. The van der Waals surface area contributed by atoms with Crippen molar-refractivity contribution >= 4 is 44.6 Å². The Morgan fingerprint density at radius 1 is 0.544 bits per heavy atom. The van der Waals surface area contributed by atoms with Crippen molar-refractivity contribution in [2.75, 3.05) is 4.90 Å². The van der Waals surface area contributed by atoms with Crippen LogP contribution in [0.3, 0.4) is 0 Å². The van der Waals surface area contributed by atoms with E-state index in [1.165, 1.54) is 55.7 Å². The van der Waals surface area contributed by atoms with Crippen molar-refractivity contribution in [3.63, 3.8) is 0 Å². The molecule has 0 radical (unpaired) electrons. The molecule has 274 valence electrons. The van der Waals surface area contributed by atoms with Gasteiger partial charge in [-0.15, -0.1) is 0 Å². The molecule has 1 fully saturated rings. The van der Waals surface area contributed by atoms with Crippen molar-refractivity contribution in [3.8, 4) is 22.3 Å². The molecule has 8 aromatic rings. The van der Waals surface area contributed by atoms with Gasteiger partial charge in [0, 0.05) is 27.5 Å². The molecular weight excluding hydrogens is 691 g/mol. The summed E-state index contributed by atoms with van der Waals surface area (Å²) in [6.07, 6.45) is 10.9. The fraction of sp³-hybridized carbons (Fsp3) is 0.127. The average Bonchev–Trinajstić information content (AvgIpc) is 3.87. The lowest BCUT2D eigenvalue weighted by Gasteiger charge is -2.46. The first-order valence-corrected chi connectivity index (χ1v) is 20.3. The van der Waals surface area contributed by atoms with Crippen LogP contribution in [0.25, 0.3) is 49.8 Å². The van der Waals surface area contributed by atoms with Crippen LogP contribution in [0.5, 0.6) is 0 Å². The van der Waals surface area contributed by atoms with Crippen LogP contribution in [-0.4, -0.2) is 0 Å². The van der Waals surface area contributed by atoms with Crippen molar-refractivity contribution in [2.45, 2.75) is 43.4 Å². The van der Waals surface area contributed by atoms with Gasteiger partial charge in [-0.05, 0) is 119 Å². The van der Waals surface area contributed by atoms with E-state index in [0.717, 1.165) is 64.7 Å². The van der Waals surface area contributed by atoms with Gasteiger partial charge in [-0.2, -0.15) is 0 Å². The highest BCUT2D eigenvalue weighted by atomic mass is 16.3. The second kappa shape index (κ2) is 13.0. The van der Waals surface area contributed by atoms with Crippen molar-refractivity contribution in [1.29, 1.82) is 0 Å². The maximum absolute atomic E-state index is 6.51. The van der Waals surface area contributed by atoms with Crippen molar-refractivity contribution in [3.05, 3.63) is 216 Å². The number of anilines is 3. The molecule has 2 spiro atoms. The third-order valence-electron chi connectivity index (χ3n) is 13.4. The van der Waals surface area contributed by atoms with E-state index < -0.39 is 0 Å². The Morgan fingerprint density at radius 3 is 1.95 bits per heavy atom. The summed E-state index contributed by atoms with van der Waals surface area (Å²) in [5.41, 5.74) is 18.6. The van der Waals surface area contributed by atoms with Gasteiger partial charge in [-0.1, -0.05) is 152 Å². The average molecular weight is 734 g/mol. The van der Waals surface area contributed by atoms with Gasteiger partial charge in [0.25, 0.3) is 0 Å². The van der Waals surface area contributed by atoms with Crippen LogP contribution in [0.15, 0.2) is 199 Å². The Labute approximate surface area is 334 Å². The van der Waals surface area contributed by atoms with Crippen LogP contribution in [0.4, 0.5) is 17.1 Å². The van der Waals surface area contributed by atoms with Gasteiger partial charge in [0.2, 0.25) is 0 Å². The third kappa shape index (κ3) is 4.83.